The van der Waals surface area contributed by atoms with Gasteiger partial charge in [0.15, 0.2) is 0 Å². The molecule has 0 aliphatic rings. The molecule has 0 aliphatic carbocycles. The molecule has 2 aromatic rings. The molecule has 0 heterocycles. The monoisotopic (exact) mass is 421 g/mol. The molecule has 0 aromatic heterocycles. The van der Waals surface area contributed by atoms with E-state index >= 15 is 0 Å². The van der Waals surface area contributed by atoms with E-state index in [9.17, 15) is 31.1 Å². The average molecular weight is 421 g/mol. The second kappa shape index (κ2) is 8.06. The number of anilines is 1. The summed E-state index contributed by atoms with van der Waals surface area (Å²) < 4.78 is 78.0. The molecule has 0 radical (unpaired) electrons. The van der Waals surface area contributed by atoms with E-state index in [1.807, 2.05) is 0 Å². The van der Waals surface area contributed by atoms with Crippen molar-refractivity contribution >= 4 is 23.4 Å². The minimum atomic E-state index is -4.58. The van der Waals surface area contributed by atoms with Gasteiger partial charge in [-0.25, -0.2) is 0 Å². The van der Waals surface area contributed by atoms with E-state index in [1.165, 1.54) is 20.0 Å². The van der Waals surface area contributed by atoms with Gasteiger partial charge in [0.1, 0.15) is 0 Å². The lowest BCUT2D eigenvalue weighted by Gasteiger charge is -2.21. The summed E-state index contributed by atoms with van der Waals surface area (Å²) in [6.45, 7) is 3.19. The first-order chi connectivity index (χ1) is 12.8. The first kappa shape index (κ1) is 22.1. The van der Waals surface area contributed by atoms with Gasteiger partial charge in [-0.05, 0) is 54.6 Å². The average Bonchev–Trinajstić information content (AvgIpc) is 2.58. The highest BCUT2D eigenvalue weighted by atomic mass is 32.2. The molecule has 9 heteroatoms. The largest absolute Gasteiger partial charge is 0.416 e. The Morgan fingerprint density at radius 1 is 0.964 bits per heavy atom. The number of nitrogens with zero attached hydrogens (tertiary/aromatic N) is 1. The molecule has 0 unspecified atom stereocenters. The third-order valence-corrected chi connectivity index (χ3v) is 4.86. The van der Waals surface area contributed by atoms with Crippen LogP contribution in [0.1, 0.15) is 34.0 Å². The fourth-order valence-electron chi connectivity index (χ4n) is 2.57. The third kappa shape index (κ3) is 5.01. The summed E-state index contributed by atoms with van der Waals surface area (Å²) in [5.41, 5.74) is -1.49. The molecule has 0 spiro atoms. The number of alkyl halides is 6. The normalized spacial score (nSPS) is 12.2. The molecule has 0 bridgehead atoms. The van der Waals surface area contributed by atoms with E-state index in [-0.39, 0.29) is 16.1 Å². The first-order valence-corrected chi connectivity index (χ1v) is 9.14. The number of carbonyl (C=O) groups excluding carboxylic acids is 1. The van der Waals surface area contributed by atoms with Gasteiger partial charge in [-0.2, -0.15) is 26.3 Å². The maximum absolute atomic E-state index is 13.0. The molecule has 2 nitrogen and oxygen atoms in total. The first-order valence-electron chi connectivity index (χ1n) is 8.15. The smallest absolute Gasteiger partial charge is 0.311 e. The Morgan fingerprint density at radius 3 is 2.11 bits per heavy atom. The Kier molecular flexibility index (Phi) is 6.37. The van der Waals surface area contributed by atoms with Crippen LogP contribution in [0.25, 0.3) is 0 Å². The molecular formula is C19H17F6NOS. The molecule has 1 amide bonds. The van der Waals surface area contributed by atoms with Gasteiger partial charge in [-0.15, -0.1) is 11.8 Å². The lowest BCUT2D eigenvalue weighted by atomic mass is 10.1. The molecule has 0 aliphatic heterocycles. The Morgan fingerprint density at radius 2 is 1.57 bits per heavy atom. The lowest BCUT2D eigenvalue weighted by molar-refractivity contribution is -0.138. The van der Waals surface area contributed by atoms with Gasteiger partial charge in [-0.3, -0.25) is 4.79 Å². The van der Waals surface area contributed by atoms with Crippen LogP contribution in [0.2, 0.25) is 0 Å². The van der Waals surface area contributed by atoms with Crippen LogP contribution in [0.15, 0.2) is 41.3 Å². The molecule has 2 aromatic carbocycles. The van der Waals surface area contributed by atoms with Crippen molar-refractivity contribution in [3.8, 4) is 0 Å². The van der Waals surface area contributed by atoms with Crippen molar-refractivity contribution in [3.63, 3.8) is 0 Å². The molecule has 0 saturated carbocycles. The summed E-state index contributed by atoms with van der Waals surface area (Å²) in [5.74, 6) is -0.267. The fourth-order valence-corrected chi connectivity index (χ4v) is 3.40. The number of hydrogen-bond donors (Lipinski definition) is 0. The van der Waals surface area contributed by atoms with E-state index in [1.54, 1.807) is 6.92 Å². The minimum absolute atomic E-state index is 0.00239. The summed E-state index contributed by atoms with van der Waals surface area (Å²) in [6.07, 6.45) is -9.14. The van der Waals surface area contributed by atoms with Gasteiger partial charge in [0, 0.05) is 17.6 Å². The van der Waals surface area contributed by atoms with Crippen molar-refractivity contribution in [2.24, 2.45) is 0 Å². The number of benzene rings is 2. The number of carbonyl (C=O) groups is 1. The molecule has 0 saturated heterocycles. The van der Waals surface area contributed by atoms with E-state index in [0.717, 1.165) is 47.0 Å². The lowest BCUT2D eigenvalue weighted by Crippen LogP contribution is -2.27. The number of thioether (sulfide) groups is 1. The van der Waals surface area contributed by atoms with Crippen LogP contribution in [0, 0.1) is 6.92 Å². The number of aryl methyl sites for hydroxylation is 1. The van der Waals surface area contributed by atoms with Gasteiger partial charge in [-0.1, -0.05) is 6.92 Å². The molecular weight excluding hydrogens is 404 g/mol. The summed E-state index contributed by atoms with van der Waals surface area (Å²) in [7, 11) is 1.29. The van der Waals surface area contributed by atoms with Gasteiger partial charge in [0.05, 0.1) is 16.7 Å². The summed E-state index contributed by atoms with van der Waals surface area (Å²) in [5, 5.41) is 0. The zero-order chi connectivity index (χ0) is 21.3. The van der Waals surface area contributed by atoms with Crippen LogP contribution in [0.4, 0.5) is 32.0 Å². The highest BCUT2D eigenvalue weighted by Crippen LogP contribution is 2.36. The second-order valence-corrected chi connectivity index (χ2v) is 7.37. The predicted molar refractivity (Wildman–Crippen MR) is 96.8 cm³/mol. The molecule has 0 atom stereocenters. The van der Waals surface area contributed by atoms with Crippen molar-refractivity contribution in [1.29, 1.82) is 0 Å². The predicted octanol–water partition coefficient (Wildman–Crippen LogP) is 6.42. The Balaban J connectivity index is 2.47. The highest BCUT2D eigenvalue weighted by Gasteiger charge is 2.33. The van der Waals surface area contributed by atoms with E-state index in [0.29, 0.717) is 11.3 Å². The quantitative estimate of drug-likeness (QED) is 0.419. The number of halogens is 6. The second-order valence-electron chi connectivity index (χ2n) is 6.06. The van der Waals surface area contributed by atoms with Gasteiger partial charge >= 0.3 is 12.4 Å². The van der Waals surface area contributed by atoms with Gasteiger partial charge < -0.3 is 4.90 Å². The van der Waals surface area contributed by atoms with Crippen molar-refractivity contribution < 1.29 is 31.1 Å². The van der Waals surface area contributed by atoms with Crippen molar-refractivity contribution in [2.45, 2.75) is 31.1 Å². The third-order valence-electron chi connectivity index (χ3n) is 3.92. The summed E-state index contributed by atoms with van der Waals surface area (Å²) in [4.78, 5) is 14.0. The van der Waals surface area contributed by atoms with Crippen LogP contribution >= 0.6 is 11.8 Å². The number of amides is 1. The molecule has 0 fully saturated rings. The summed E-state index contributed by atoms with van der Waals surface area (Å²) in [6, 6.07) is 5.93. The Labute approximate surface area is 162 Å². The minimum Gasteiger partial charge on any atom is -0.311 e. The fraction of sp³-hybridized carbons (Fsp3) is 0.316. The maximum atomic E-state index is 13.0. The summed E-state index contributed by atoms with van der Waals surface area (Å²) >= 11 is 1.06. The van der Waals surface area contributed by atoms with Crippen molar-refractivity contribution in [3.05, 3.63) is 58.7 Å². The van der Waals surface area contributed by atoms with Crippen LogP contribution in [0.3, 0.4) is 0 Å². The van der Waals surface area contributed by atoms with E-state index in [4.69, 9.17) is 0 Å². The van der Waals surface area contributed by atoms with Crippen molar-refractivity contribution in [2.75, 3.05) is 17.7 Å². The SMILES string of the molecule is CCSc1cc(C(F)(F)F)ccc1C(=O)N(C)c1cc(C)cc(C(F)(F)F)c1. The van der Waals surface area contributed by atoms with Gasteiger partial charge in [0.2, 0.25) is 0 Å². The van der Waals surface area contributed by atoms with E-state index in [2.05, 4.69) is 0 Å². The zero-order valence-corrected chi connectivity index (χ0v) is 16.0. The highest BCUT2D eigenvalue weighted by molar-refractivity contribution is 7.99. The molecule has 28 heavy (non-hydrogen) atoms. The standard InChI is InChI=1S/C19H17F6NOS/c1-4-28-16-10-12(18(20,21)22)5-6-15(16)17(27)26(3)14-8-11(2)7-13(9-14)19(23,24)25/h5-10H,4H2,1-3H3. The van der Waals surface area contributed by atoms with Crippen LogP contribution < -0.4 is 4.90 Å². The zero-order valence-electron chi connectivity index (χ0n) is 15.2. The maximum Gasteiger partial charge on any atom is 0.416 e. The van der Waals surface area contributed by atoms with E-state index < -0.39 is 29.4 Å². The molecule has 0 N–H and O–H groups in total. The van der Waals surface area contributed by atoms with Crippen LogP contribution in [-0.4, -0.2) is 18.7 Å². The van der Waals surface area contributed by atoms with Gasteiger partial charge in [0.25, 0.3) is 5.91 Å². The Bertz CT molecular complexity index is 876. The number of rotatable bonds is 4. The van der Waals surface area contributed by atoms with Crippen LogP contribution in [-0.2, 0) is 12.4 Å². The Hall–Kier alpha value is -2.16. The van der Waals surface area contributed by atoms with Crippen molar-refractivity contribution in [1.82, 2.24) is 0 Å². The number of hydrogen-bond acceptors (Lipinski definition) is 2. The topological polar surface area (TPSA) is 20.3 Å². The molecule has 2 rings (SSSR count). The molecule has 152 valence electrons. The van der Waals surface area contributed by atoms with Crippen LogP contribution in [0.5, 0.6) is 0 Å².